The third kappa shape index (κ3) is 2.98. The van der Waals surface area contributed by atoms with Gasteiger partial charge in [0.15, 0.2) is 0 Å². The molecule has 3 heterocycles. The van der Waals surface area contributed by atoms with Crippen molar-refractivity contribution in [3.63, 3.8) is 0 Å². The molecule has 2 N–H and O–H groups in total. The molecule has 3 saturated heterocycles. The molecule has 3 rings (SSSR count). The van der Waals surface area contributed by atoms with E-state index in [2.05, 4.69) is 15.5 Å². The molecule has 5 heteroatoms. The number of carbonyl (C=O) groups excluding carboxylic acids is 1. The maximum atomic E-state index is 11.6. The van der Waals surface area contributed by atoms with Crippen LogP contribution in [-0.2, 0) is 4.79 Å². The zero-order valence-electron chi connectivity index (χ0n) is 10.9. The number of amides is 1. The first kappa shape index (κ1) is 14.1. The first-order valence-corrected chi connectivity index (χ1v) is 7.06. The van der Waals surface area contributed by atoms with Crippen LogP contribution >= 0.6 is 12.4 Å². The predicted molar refractivity (Wildman–Crippen MR) is 74.0 cm³/mol. The van der Waals surface area contributed by atoms with Crippen molar-refractivity contribution in [3.8, 4) is 0 Å². The molecule has 0 aromatic rings. The Morgan fingerprint density at radius 3 is 2.61 bits per heavy atom. The van der Waals surface area contributed by atoms with Crippen LogP contribution in [0.25, 0.3) is 0 Å². The van der Waals surface area contributed by atoms with E-state index in [0.29, 0.717) is 12.1 Å². The molecule has 0 aromatic carbocycles. The van der Waals surface area contributed by atoms with E-state index in [1.165, 1.54) is 45.3 Å². The largest absolute Gasteiger partial charge is 0.354 e. The van der Waals surface area contributed by atoms with Gasteiger partial charge in [-0.25, -0.2) is 0 Å². The Morgan fingerprint density at radius 1 is 1.11 bits per heavy atom. The Balaban J connectivity index is 0.00000120. The summed E-state index contributed by atoms with van der Waals surface area (Å²) in [6.45, 7) is 4.43. The van der Waals surface area contributed by atoms with Gasteiger partial charge in [-0.3, -0.25) is 9.69 Å². The predicted octanol–water partition coefficient (Wildman–Crippen LogP) is 0.761. The molecule has 1 amide bonds. The van der Waals surface area contributed by atoms with Crippen LogP contribution < -0.4 is 10.6 Å². The second-order valence-corrected chi connectivity index (χ2v) is 5.78. The van der Waals surface area contributed by atoms with Gasteiger partial charge < -0.3 is 10.6 Å². The lowest BCUT2D eigenvalue weighted by Gasteiger charge is -2.33. The van der Waals surface area contributed by atoms with Crippen molar-refractivity contribution in [2.45, 2.75) is 44.2 Å². The number of nitrogens with one attached hydrogen (secondary N) is 2. The van der Waals surface area contributed by atoms with Gasteiger partial charge >= 0.3 is 0 Å². The third-order valence-corrected chi connectivity index (χ3v) is 4.65. The van der Waals surface area contributed by atoms with Crippen LogP contribution in [0, 0.1) is 5.92 Å². The molecule has 0 spiro atoms. The summed E-state index contributed by atoms with van der Waals surface area (Å²) >= 11 is 0. The molecule has 2 unspecified atom stereocenters. The van der Waals surface area contributed by atoms with Crippen LogP contribution in [0.1, 0.15) is 32.1 Å². The molecule has 104 valence electrons. The number of hydrogen-bond donors (Lipinski definition) is 2. The number of carbonyl (C=O) groups is 1. The molecule has 0 aliphatic carbocycles. The minimum atomic E-state index is 0. The number of nitrogens with zero attached hydrogens (tertiary/aromatic N) is 1. The molecule has 4 nitrogen and oxygen atoms in total. The highest BCUT2D eigenvalue weighted by Gasteiger charge is 2.38. The van der Waals surface area contributed by atoms with E-state index < -0.39 is 0 Å². The standard InChI is InChI=1S/C13H23N3O.ClH/c17-13-7-11-1-2-12(8-15-13)16(11)9-10-3-5-14-6-4-10;/h10-12,14H,1-9H2,(H,15,17);1H. The van der Waals surface area contributed by atoms with Gasteiger partial charge in [0.1, 0.15) is 0 Å². The van der Waals surface area contributed by atoms with Gasteiger partial charge in [-0.1, -0.05) is 0 Å². The summed E-state index contributed by atoms with van der Waals surface area (Å²) in [5, 5.41) is 6.47. The fourth-order valence-electron chi connectivity index (χ4n) is 3.63. The Hall–Kier alpha value is -0.320. The molecule has 0 saturated carbocycles. The van der Waals surface area contributed by atoms with E-state index in [-0.39, 0.29) is 18.3 Å². The maximum Gasteiger partial charge on any atom is 0.221 e. The number of fused-ring (bicyclic) bond motifs is 2. The first-order valence-electron chi connectivity index (χ1n) is 7.06. The lowest BCUT2D eigenvalue weighted by Crippen LogP contribution is -2.43. The van der Waals surface area contributed by atoms with Gasteiger partial charge in [-0.15, -0.1) is 12.4 Å². The van der Waals surface area contributed by atoms with Crippen LogP contribution in [-0.4, -0.2) is 49.1 Å². The van der Waals surface area contributed by atoms with Crippen LogP contribution in [0.5, 0.6) is 0 Å². The Kier molecular flexibility index (Phi) is 4.87. The third-order valence-electron chi connectivity index (χ3n) is 4.65. The molecule has 18 heavy (non-hydrogen) atoms. The molecule has 3 aliphatic rings. The van der Waals surface area contributed by atoms with Crippen molar-refractivity contribution < 1.29 is 4.79 Å². The Labute approximate surface area is 115 Å². The second kappa shape index (κ2) is 6.22. The summed E-state index contributed by atoms with van der Waals surface area (Å²) in [5.41, 5.74) is 0. The van der Waals surface area contributed by atoms with Crippen LogP contribution in [0.3, 0.4) is 0 Å². The summed E-state index contributed by atoms with van der Waals surface area (Å²) < 4.78 is 0. The van der Waals surface area contributed by atoms with Crippen molar-refractivity contribution in [1.29, 1.82) is 0 Å². The van der Waals surface area contributed by atoms with Gasteiger partial charge in [0, 0.05) is 31.6 Å². The zero-order valence-corrected chi connectivity index (χ0v) is 11.7. The minimum absolute atomic E-state index is 0. The van der Waals surface area contributed by atoms with Crippen molar-refractivity contribution in [1.82, 2.24) is 15.5 Å². The number of hydrogen-bond acceptors (Lipinski definition) is 3. The van der Waals surface area contributed by atoms with E-state index in [0.717, 1.165) is 18.9 Å². The summed E-state index contributed by atoms with van der Waals surface area (Å²) in [6.07, 6.45) is 5.83. The van der Waals surface area contributed by atoms with Gasteiger partial charge in [0.05, 0.1) is 0 Å². The zero-order chi connectivity index (χ0) is 11.7. The van der Waals surface area contributed by atoms with Crippen LogP contribution in [0.15, 0.2) is 0 Å². The summed E-state index contributed by atoms with van der Waals surface area (Å²) in [5.74, 6) is 1.10. The second-order valence-electron chi connectivity index (χ2n) is 5.78. The Bertz CT molecular complexity index is 294. The highest BCUT2D eigenvalue weighted by atomic mass is 35.5. The fourth-order valence-corrected chi connectivity index (χ4v) is 3.63. The summed E-state index contributed by atoms with van der Waals surface area (Å²) in [6, 6.07) is 1.14. The van der Waals surface area contributed by atoms with E-state index in [1.807, 2.05) is 0 Å². The van der Waals surface area contributed by atoms with Crippen molar-refractivity contribution >= 4 is 18.3 Å². The average molecular weight is 274 g/mol. The number of piperidine rings is 1. The Morgan fingerprint density at radius 2 is 1.83 bits per heavy atom. The number of rotatable bonds is 2. The minimum Gasteiger partial charge on any atom is -0.354 e. The van der Waals surface area contributed by atoms with Crippen molar-refractivity contribution in [2.24, 2.45) is 5.92 Å². The van der Waals surface area contributed by atoms with Crippen molar-refractivity contribution in [2.75, 3.05) is 26.2 Å². The molecule has 3 fully saturated rings. The fraction of sp³-hybridized carbons (Fsp3) is 0.923. The summed E-state index contributed by atoms with van der Waals surface area (Å²) in [4.78, 5) is 14.2. The first-order chi connectivity index (χ1) is 8.33. The molecule has 0 radical (unpaired) electrons. The SMILES string of the molecule is Cl.O=C1CC2CCC(CN1)N2CC1CCNCC1. The van der Waals surface area contributed by atoms with E-state index in [1.54, 1.807) is 0 Å². The monoisotopic (exact) mass is 273 g/mol. The lowest BCUT2D eigenvalue weighted by molar-refractivity contribution is -0.121. The average Bonchev–Trinajstić information content (AvgIpc) is 2.62. The van der Waals surface area contributed by atoms with E-state index in [9.17, 15) is 4.79 Å². The molecule has 2 bridgehead atoms. The summed E-state index contributed by atoms with van der Waals surface area (Å²) in [7, 11) is 0. The lowest BCUT2D eigenvalue weighted by atomic mass is 9.97. The molecular weight excluding hydrogens is 250 g/mol. The van der Waals surface area contributed by atoms with E-state index >= 15 is 0 Å². The maximum absolute atomic E-state index is 11.6. The highest BCUT2D eigenvalue weighted by molar-refractivity contribution is 5.85. The van der Waals surface area contributed by atoms with Gasteiger partial charge in [0.2, 0.25) is 5.91 Å². The van der Waals surface area contributed by atoms with Gasteiger partial charge in [-0.2, -0.15) is 0 Å². The van der Waals surface area contributed by atoms with Crippen LogP contribution in [0.4, 0.5) is 0 Å². The smallest absolute Gasteiger partial charge is 0.221 e. The van der Waals surface area contributed by atoms with Crippen LogP contribution in [0.2, 0.25) is 0 Å². The normalized spacial score (nSPS) is 33.7. The topological polar surface area (TPSA) is 44.4 Å². The quantitative estimate of drug-likeness (QED) is 0.781. The molecular formula is C13H24ClN3O. The van der Waals surface area contributed by atoms with Crippen molar-refractivity contribution in [3.05, 3.63) is 0 Å². The molecule has 2 atom stereocenters. The molecule has 0 aromatic heterocycles. The van der Waals surface area contributed by atoms with E-state index in [4.69, 9.17) is 0 Å². The van der Waals surface area contributed by atoms with Gasteiger partial charge in [0.25, 0.3) is 0 Å². The highest BCUT2D eigenvalue weighted by Crippen LogP contribution is 2.30. The molecule has 3 aliphatic heterocycles. The number of halogens is 1. The van der Waals surface area contributed by atoms with Gasteiger partial charge in [-0.05, 0) is 44.7 Å².